The molecule has 0 saturated heterocycles. The summed E-state index contributed by atoms with van der Waals surface area (Å²) >= 11 is 0. The lowest BCUT2D eigenvalue weighted by Crippen LogP contribution is -2.34. The predicted octanol–water partition coefficient (Wildman–Crippen LogP) is 7.03. The lowest BCUT2D eigenvalue weighted by atomic mass is 9.81. The summed E-state index contributed by atoms with van der Waals surface area (Å²) in [6, 6.07) is 17.4. The number of benzene rings is 2. The number of fused-ring (bicyclic) bond motifs is 2. The highest BCUT2D eigenvalue weighted by atomic mass is 16.6. The highest BCUT2D eigenvalue weighted by Gasteiger charge is 2.42. The SMILES string of the molecule is CNC(=O)CCOCCOCCOCCN(CCOCCOCCOCCn1cc(C)nn1)CCOCCOCCOCCn1cc(CCC(=O)CCCCCN2C(=CC=CC=CC3=[N+](C)c4ccccc4C3(C)C)C(C)(C)c3ccccc32)nn1. The Morgan fingerprint density at radius 1 is 0.570 bits per heavy atom. The zero-order valence-electron chi connectivity index (χ0n) is 52.6. The number of rotatable bonds is 48. The van der Waals surface area contributed by atoms with Gasteiger partial charge in [0.05, 0.1) is 149 Å². The molecule has 474 valence electrons. The van der Waals surface area contributed by atoms with E-state index in [9.17, 15) is 9.59 Å². The molecule has 1 N–H and O–H groups in total. The minimum Gasteiger partial charge on any atom is -0.379 e. The first-order valence-corrected chi connectivity index (χ1v) is 30.9. The Bertz CT molecular complexity index is 2720. The summed E-state index contributed by atoms with van der Waals surface area (Å²) in [6.07, 6.45) is 19.6. The van der Waals surface area contributed by atoms with Crippen molar-refractivity contribution in [2.45, 2.75) is 103 Å². The molecule has 0 spiro atoms. The van der Waals surface area contributed by atoms with Gasteiger partial charge in [0, 0.05) is 99.4 Å². The Labute approximate surface area is 511 Å². The van der Waals surface area contributed by atoms with Crippen LogP contribution in [-0.2, 0) is 82.6 Å². The second-order valence-corrected chi connectivity index (χ2v) is 22.4. The number of aromatic nitrogens is 6. The van der Waals surface area contributed by atoms with Crippen LogP contribution >= 0.6 is 0 Å². The minimum absolute atomic E-state index is 0.0474. The van der Waals surface area contributed by atoms with Crippen LogP contribution in [0.3, 0.4) is 0 Å². The number of ketones is 1. The second kappa shape index (κ2) is 39.1. The Morgan fingerprint density at radius 3 is 1.69 bits per heavy atom. The van der Waals surface area contributed by atoms with Crippen molar-refractivity contribution < 1.29 is 56.8 Å². The lowest BCUT2D eigenvalue weighted by Gasteiger charge is -2.27. The van der Waals surface area contributed by atoms with Crippen molar-refractivity contribution in [2.24, 2.45) is 0 Å². The Kier molecular flexibility index (Phi) is 31.5. The minimum atomic E-state index is -0.126. The first-order chi connectivity index (χ1) is 41.9. The average molecular weight is 1200 g/mol. The monoisotopic (exact) mass is 1200 g/mol. The smallest absolute Gasteiger partial charge is 0.222 e. The molecule has 0 radical (unpaired) electrons. The molecule has 1 amide bonds. The van der Waals surface area contributed by atoms with Crippen LogP contribution < -0.4 is 10.2 Å². The van der Waals surface area contributed by atoms with Crippen LogP contribution in [0.4, 0.5) is 11.4 Å². The number of aryl methyl sites for hydroxylation is 2. The summed E-state index contributed by atoms with van der Waals surface area (Å²) in [5.41, 5.74) is 9.32. The van der Waals surface area contributed by atoms with Gasteiger partial charge in [-0.25, -0.2) is 9.36 Å². The topological polar surface area (TPSA) is 200 Å². The maximum atomic E-state index is 13.0. The molecule has 2 aromatic heterocycles. The van der Waals surface area contributed by atoms with Gasteiger partial charge < -0.3 is 52.8 Å². The van der Waals surface area contributed by atoms with Crippen molar-refractivity contribution in [3.05, 3.63) is 120 Å². The zero-order valence-corrected chi connectivity index (χ0v) is 52.6. The number of allylic oxidation sites excluding steroid dienone is 6. The fourth-order valence-electron chi connectivity index (χ4n) is 10.4. The predicted molar refractivity (Wildman–Crippen MR) is 333 cm³/mol. The van der Waals surface area contributed by atoms with Gasteiger partial charge >= 0.3 is 0 Å². The number of ether oxygens (including phenoxy) is 9. The summed E-state index contributed by atoms with van der Waals surface area (Å²) in [5, 5.41) is 19.1. The molecule has 2 aliphatic heterocycles. The Morgan fingerprint density at radius 2 is 1.10 bits per heavy atom. The van der Waals surface area contributed by atoms with Crippen molar-refractivity contribution in [1.82, 2.24) is 40.2 Å². The third-order valence-electron chi connectivity index (χ3n) is 15.3. The van der Waals surface area contributed by atoms with Gasteiger partial charge in [0.15, 0.2) is 5.71 Å². The number of nitrogens with zero attached hydrogens (tertiary/aromatic N) is 9. The number of anilines is 1. The number of unbranched alkanes of at least 4 members (excludes halogenated alkanes) is 2. The van der Waals surface area contributed by atoms with E-state index in [2.05, 4.69) is 154 Å². The summed E-state index contributed by atoms with van der Waals surface area (Å²) < 4.78 is 57.3. The van der Waals surface area contributed by atoms with Gasteiger partial charge in [0.25, 0.3) is 0 Å². The maximum absolute atomic E-state index is 13.0. The van der Waals surface area contributed by atoms with E-state index in [0.717, 1.165) is 37.2 Å². The van der Waals surface area contributed by atoms with E-state index in [1.165, 1.54) is 33.9 Å². The summed E-state index contributed by atoms with van der Waals surface area (Å²) in [7, 11) is 3.76. The molecule has 21 heteroatoms. The fraction of sp³-hybridized carbons (Fsp3) is 0.615. The first-order valence-electron chi connectivity index (χ1n) is 30.9. The van der Waals surface area contributed by atoms with E-state index in [1.807, 2.05) is 19.3 Å². The quantitative estimate of drug-likeness (QED) is 0.0268. The van der Waals surface area contributed by atoms with Crippen LogP contribution in [0.2, 0.25) is 0 Å². The third kappa shape index (κ3) is 24.0. The maximum Gasteiger partial charge on any atom is 0.222 e. The van der Waals surface area contributed by atoms with Gasteiger partial charge in [-0.05, 0) is 57.7 Å². The van der Waals surface area contributed by atoms with Crippen LogP contribution in [0.15, 0.2) is 97.0 Å². The molecule has 0 bridgehead atoms. The number of para-hydroxylation sites is 2. The second-order valence-electron chi connectivity index (χ2n) is 22.4. The average Bonchev–Trinajstić information content (AvgIpc) is 2.31. The van der Waals surface area contributed by atoms with E-state index in [1.54, 1.807) is 16.4 Å². The van der Waals surface area contributed by atoms with Crippen molar-refractivity contribution in [3.8, 4) is 0 Å². The van der Waals surface area contributed by atoms with E-state index >= 15 is 0 Å². The molecule has 0 saturated carbocycles. The molecule has 0 atom stereocenters. The number of amides is 1. The molecule has 6 rings (SSSR count). The van der Waals surface area contributed by atoms with E-state index in [0.29, 0.717) is 177 Å². The van der Waals surface area contributed by atoms with E-state index in [4.69, 9.17) is 42.6 Å². The Balaban J connectivity index is 0.775. The lowest BCUT2D eigenvalue weighted by molar-refractivity contribution is -0.401. The van der Waals surface area contributed by atoms with Gasteiger partial charge in [-0.15, -0.1) is 10.2 Å². The molecule has 0 aliphatic carbocycles. The molecule has 21 nitrogen and oxygen atoms in total. The van der Waals surface area contributed by atoms with Gasteiger partial charge in [0.1, 0.15) is 12.8 Å². The fourth-order valence-corrected chi connectivity index (χ4v) is 10.4. The number of Topliss-reactive ketones (excluding diaryl/α,β-unsaturated/α-hetero) is 1. The molecule has 4 heterocycles. The summed E-state index contributed by atoms with van der Waals surface area (Å²) in [6.45, 7) is 24.0. The molecule has 2 aliphatic rings. The van der Waals surface area contributed by atoms with Crippen LogP contribution in [0.25, 0.3) is 0 Å². The van der Waals surface area contributed by atoms with Gasteiger partial charge in [-0.1, -0.05) is 85.3 Å². The largest absolute Gasteiger partial charge is 0.379 e. The van der Waals surface area contributed by atoms with Crippen molar-refractivity contribution in [1.29, 1.82) is 0 Å². The summed E-state index contributed by atoms with van der Waals surface area (Å²) in [4.78, 5) is 29.0. The molecule has 86 heavy (non-hydrogen) atoms. The van der Waals surface area contributed by atoms with Crippen molar-refractivity contribution in [3.63, 3.8) is 0 Å². The number of hydrogen-bond donors (Lipinski definition) is 1. The number of hydrogen-bond acceptors (Lipinski definition) is 17. The standard InChI is InChI=1S/C65H98N10O11/c1-54-52-73(69-67-54)32-38-82-44-50-85-48-42-80-36-30-72(29-35-79-41-47-84-46-40-78-34-27-63(77)66-6)31-37-81-43-49-86-51-45-83-39-33-74-53-55(68-70-74)25-26-56(76)18-10-9-17-28-75-60-22-16-14-20-58(60)65(4,5)62(75)24-12-8-11-23-61-64(2,3)57-19-13-15-21-59(57)71(61)7/h8,11-16,19-24,52-53H,9-10,17-18,25-51H2,1-7H3/p+1. The highest BCUT2D eigenvalue weighted by molar-refractivity contribution is 6.03. The molecular formula is C65H99N10O11+. The van der Waals surface area contributed by atoms with Crippen LogP contribution in [0.5, 0.6) is 0 Å². The normalized spacial score (nSPS) is 14.9. The molecular weight excluding hydrogens is 1100 g/mol. The molecule has 0 fully saturated rings. The third-order valence-corrected chi connectivity index (χ3v) is 15.3. The number of carbonyl (C=O) groups is 2. The zero-order chi connectivity index (χ0) is 61.1. The highest BCUT2D eigenvalue weighted by Crippen LogP contribution is 2.47. The first kappa shape index (κ1) is 69.3. The molecule has 2 aromatic carbocycles. The summed E-state index contributed by atoms with van der Waals surface area (Å²) in [5.74, 6) is 0.213. The van der Waals surface area contributed by atoms with Gasteiger partial charge in [-0.2, -0.15) is 4.58 Å². The van der Waals surface area contributed by atoms with Gasteiger partial charge in [-0.3, -0.25) is 14.5 Å². The van der Waals surface area contributed by atoms with E-state index in [-0.39, 0.29) is 22.5 Å². The van der Waals surface area contributed by atoms with Crippen LogP contribution in [0, 0.1) is 6.92 Å². The van der Waals surface area contributed by atoms with Crippen LogP contribution in [-0.4, -0.2) is 216 Å². The van der Waals surface area contributed by atoms with Gasteiger partial charge in [0.2, 0.25) is 11.6 Å². The van der Waals surface area contributed by atoms with Crippen molar-refractivity contribution in [2.75, 3.05) is 164 Å². The molecule has 0 unspecified atom stereocenters. The number of carbonyl (C=O) groups excluding carboxylic acids is 2. The molecule has 4 aromatic rings. The van der Waals surface area contributed by atoms with Crippen LogP contribution in [0.1, 0.15) is 88.7 Å². The number of nitrogens with one attached hydrogen (secondary N) is 1. The Hall–Kier alpha value is -5.85. The van der Waals surface area contributed by atoms with E-state index < -0.39 is 0 Å². The van der Waals surface area contributed by atoms with Crippen molar-refractivity contribution >= 4 is 28.8 Å².